The molecule has 0 radical (unpaired) electrons. The number of likely N-dealkylation sites (tertiary alicyclic amines) is 1. The molecule has 0 aromatic carbocycles. The molecule has 2 saturated heterocycles. The molecule has 0 spiro atoms. The first-order valence-electron chi connectivity index (χ1n) is 5.79. The molecule has 3 heteroatoms. The van der Waals surface area contributed by atoms with Gasteiger partial charge in [0.1, 0.15) is 0 Å². The van der Waals surface area contributed by atoms with Crippen LogP contribution in [0, 0.1) is 5.92 Å². The Hall–Kier alpha value is -0.120. The minimum absolute atomic E-state index is 0.360. The largest absolute Gasteiger partial charge is 0.377 e. The maximum absolute atomic E-state index is 6.02. The average Bonchev–Trinajstić information content (AvgIpc) is 2.76. The van der Waals surface area contributed by atoms with Crippen LogP contribution >= 0.6 is 0 Å². The molecular weight excluding hydrogens is 176 g/mol. The van der Waals surface area contributed by atoms with Gasteiger partial charge >= 0.3 is 0 Å². The van der Waals surface area contributed by atoms with Crippen molar-refractivity contribution in [2.45, 2.75) is 44.9 Å². The smallest absolute Gasteiger partial charge is 0.0728 e. The van der Waals surface area contributed by atoms with Crippen LogP contribution in [0.2, 0.25) is 0 Å². The van der Waals surface area contributed by atoms with Crippen LogP contribution in [0.25, 0.3) is 0 Å². The number of rotatable bonds is 2. The summed E-state index contributed by atoms with van der Waals surface area (Å²) in [5.74, 6) is 0.638. The predicted octanol–water partition coefficient (Wildman–Crippen LogP) is 0.833. The number of ether oxygens (including phenoxy) is 1. The van der Waals surface area contributed by atoms with Gasteiger partial charge in [-0.25, -0.2) is 0 Å². The number of hydrogen-bond donors (Lipinski definition) is 1. The van der Waals surface area contributed by atoms with Crippen molar-refractivity contribution in [1.29, 1.82) is 0 Å². The molecule has 0 saturated carbocycles. The van der Waals surface area contributed by atoms with Gasteiger partial charge in [-0.1, -0.05) is 6.92 Å². The zero-order valence-electron chi connectivity index (χ0n) is 9.28. The van der Waals surface area contributed by atoms with Crippen molar-refractivity contribution in [2.24, 2.45) is 11.7 Å². The van der Waals surface area contributed by atoms with Gasteiger partial charge in [0.15, 0.2) is 0 Å². The summed E-state index contributed by atoms with van der Waals surface area (Å²) in [4.78, 5) is 2.49. The van der Waals surface area contributed by atoms with Crippen molar-refractivity contribution in [1.82, 2.24) is 4.90 Å². The van der Waals surface area contributed by atoms with Crippen LogP contribution in [-0.4, -0.2) is 42.8 Å². The first-order chi connectivity index (χ1) is 6.68. The summed E-state index contributed by atoms with van der Waals surface area (Å²) in [5.41, 5.74) is 6.02. The minimum atomic E-state index is 0.360. The van der Waals surface area contributed by atoms with Gasteiger partial charge in [-0.3, -0.25) is 4.90 Å². The lowest BCUT2D eigenvalue weighted by Gasteiger charge is -2.28. The quantitative estimate of drug-likeness (QED) is 0.714. The number of hydrogen-bond acceptors (Lipinski definition) is 3. The maximum Gasteiger partial charge on any atom is 0.0728 e. The predicted molar refractivity (Wildman–Crippen MR) is 57.1 cm³/mol. The maximum atomic E-state index is 6.02. The summed E-state index contributed by atoms with van der Waals surface area (Å²) in [6, 6.07) is 0.910. The molecular formula is C11H22N2O. The number of nitrogens with two attached hydrogens (primary N) is 1. The van der Waals surface area contributed by atoms with E-state index in [2.05, 4.69) is 18.7 Å². The molecule has 4 atom stereocenters. The zero-order valence-corrected chi connectivity index (χ0v) is 9.28. The van der Waals surface area contributed by atoms with Crippen LogP contribution in [0.3, 0.4) is 0 Å². The second-order valence-corrected chi connectivity index (χ2v) is 4.89. The summed E-state index contributed by atoms with van der Waals surface area (Å²) >= 11 is 0. The molecule has 2 heterocycles. The highest BCUT2D eigenvalue weighted by molar-refractivity contribution is 4.90. The van der Waals surface area contributed by atoms with Crippen molar-refractivity contribution >= 4 is 0 Å². The molecule has 0 aromatic heterocycles. The van der Waals surface area contributed by atoms with Crippen molar-refractivity contribution in [3.05, 3.63) is 0 Å². The third kappa shape index (κ3) is 1.95. The molecule has 2 N–H and O–H groups in total. The first kappa shape index (κ1) is 10.4. The molecule has 2 fully saturated rings. The molecule has 0 aromatic rings. The Bertz CT molecular complexity index is 182. The van der Waals surface area contributed by atoms with Gasteiger partial charge in [0, 0.05) is 31.8 Å². The van der Waals surface area contributed by atoms with Gasteiger partial charge in [-0.2, -0.15) is 0 Å². The summed E-state index contributed by atoms with van der Waals surface area (Å²) < 4.78 is 5.72. The SMILES string of the molecule is CC1CN(C(C)C2CCCO2)CC1N. The van der Waals surface area contributed by atoms with Gasteiger partial charge < -0.3 is 10.5 Å². The van der Waals surface area contributed by atoms with Crippen molar-refractivity contribution in [3.63, 3.8) is 0 Å². The van der Waals surface area contributed by atoms with E-state index in [4.69, 9.17) is 10.5 Å². The topological polar surface area (TPSA) is 38.5 Å². The van der Waals surface area contributed by atoms with E-state index in [1.54, 1.807) is 0 Å². The molecule has 2 aliphatic heterocycles. The molecule has 82 valence electrons. The van der Waals surface area contributed by atoms with E-state index < -0.39 is 0 Å². The van der Waals surface area contributed by atoms with E-state index in [0.29, 0.717) is 24.1 Å². The summed E-state index contributed by atoms with van der Waals surface area (Å²) in [6.07, 6.45) is 2.90. The Morgan fingerprint density at radius 3 is 2.71 bits per heavy atom. The molecule has 3 nitrogen and oxygen atoms in total. The highest BCUT2D eigenvalue weighted by Crippen LogP contribution is 2.24. The fourth-order valence-corrected chi connectivity index (χ4v) is 2.58. The Balaban J connectivity index is 1.88. The third-order valence-electron chi connectivity index (χ3n) is 3.78. The number of nitrogens with zero attached hydrogens (tertiary/aromatic N) is 1. The zero-order chi connectivity index (χ0) is 10.1. The van der Waals surface area contributed by atoms with Crippen LogP contribution < -0.4 is 5.73 Å². The minimum Gasteiger partial charge on any atom is -0.377 e. The molecule has 2 rings (SSSR count). The van der Waals surface area contributed by atoms with Crippen LogP contribution in [0.1, 0.15) is 26.7 Å². The third-order valence-corrected chi connectivity index (χ3v) is 3.78. The highest BCUT2D eigenvalue weighted by Gasteiger charge is 2.34. The Kier molecular flexibility index (Phi) is 3.10. The van der Waals surface area contributed by atoms with E-state index in [0.717, 1.165) is 19.7 Å². The van der Waals surface area contributed by atoms with Gasteiger partial charge in [-0.05, 0) is 25.7 Å². The fraction of sp³-hybridized carbons (Fsp3) is 1.00. The molecule has 0 amide bonds. The van der Waals surface area contributed by atoms with E-state index in [1.807, 2.05) is 0 Å². The average molecular weight is 198 g/mol. The standard InChI is InChI=1S/C11H22N2O/c1-8-6-13(7-10(8)12)9(2)11-4-3-5-14-11/h8-11H,3-7,12H2,1-2H3. The van der Waals surface area contributed by atoms with Crippen LogP contribution in [-0.2, 0) is 4.74 Å². The highest BCUT2D eigenvalue weighted by atomic mass is 16.5. The van der Waals surface area contributed by atoms with Gasteiger partial charge in [0.2, 0.25) is 0 Å². The lowest BCUT2D eigenvalue weighted by molar-refractivity contribution is 0.0393. The molecule has 2 aliphatic rings. The summed E-state index contributed by atoms with van der Waals surface area (Å²) in [5, 5.41) is 0. The normalized spacial score (nSPS) is 41.8. The summed E-state index contributed by atoms with van der Waals surface area (Å²) in [6.45, 7) is 7.66. The van der Waals surface area contributed by atoms with Gasteiger partial charge in [-0.15, -0.1) is 0 Å². The van der Waals surface area contributed by atoms with Crippen LogP contribution in [0.15, 0.2) is 0 Å². The second-order valence-electron chi connectivity index (χ2n) is 4.89. The van der Waals surface area contributed by atoms with E-state index >= 15 is 0 Å². The lowest BCUT2D eigenvalue weighted by atomic mass is 10.1. The van der Waals surface area contributed by atoms with Crippen molar-refractivity contribution < 1.29 is 4.74 Å². The van der Waals surface area contributed by atoms with E-state index in [-0.39, 0.29) is 0 Å². The van der Waals surface area contributed by atoms with Gasteiger partial charge in [0.25, 0.3) is 0 Å². The van der Waals surface area contributed by atoms with E-state index in [1.165, 1.54) is 12.8 Å². The van der Waals surface area contributed by atoms with Crippen LogP contribution in [0.4, 0.5) is 0 Å². The molecule has 0 aliphatic carbocycles. The Morgan fingerprint density at radius 1 is 1.43 bits per heavy atom. The lowest BCUT2D eigenvalue weighted by Crippen LogP contribution is -2.41. The van der Waals surface area contributed by atoms with Crippen molar-refractivity contribution in [2.75, 3.05) is 19.7 Å². The Morgan fingerprint density at radius 2 is 2.21 bits per heavy atom. The first-order valence-corrected chi connectivity index (χ1v) is 5.79. The molecule has 14 heavy (non-hydrogen) atoms. The van der Waals surface area contributed by atoms with Gasteiger partial charge in [0.05, 0.1) is 6.10 Å². The Labute approximate surface area is 86.6 Å². The monoisotopic (exact) mass is 198 g/mol. The van der Waals surface area contributed by atoms with Crippen LogP contribution in [0.5, 0.6) is 0 Å². The second kappa shape index (κ2) is 4.17. The van der Waals surface area contributed by atoms with Crippen molar-refractivity contribution in [3.8, 4) is 0 Å². The molecule has 0 bridgehead atoms. The summed E-state index contributed by atoms with van der Waals surface area (Å²) in [7, 11) is 0. The molecule has 4 unspecified atom stereocenters. The fourth-order valence-electron chi connectivity index (χ4n) is 2.58. The van der Waals surface area contributed by atoms with E-state index in [9.17, 15) is 0 Å².